The fourth-order valence-electron chi connectivity index (χ4n) is 3.31. The number of aromatic amines is 1. The Bertz CT molecular complexity index is 1240. The summed E-state index contributed by atoms with van der Waals surface area (Å²) >= 11 is 2.35. The number of nitrogens with one attached hydrogen (secondary N) is 2. The molecule has 0 atom stereocenters. The van der Waals surface area contributed by atoms with Crippen molar-refractivity contribution in [3.63, 3.8) is 0 Å². The lowest BCUT2D eigenvalue weighted by atomic mass is 10.0. The molecule has 0 fully saturated rings. The number of H-pyrrole nitrogens is 1. The molecule has 4 rings (SSSR count). The molecule has 1 aliphatic rings. The molecule has 3 aromatic rings. The maximum absolute atomic E-state index is 12.6. The highest BCUT2D eigenvalue weighted by molar-refractivity contribution is 7.99. The number of thiophene rings is 1. The molecule has 0 aliphatic carbocycles. The summed E-state index contributed by atoms with van der Waals surface area (Å²) in [7, 11) is 0. The number of carbonyl (C=O) groups excluding carboxylic acids is 2. The van der Waals surface area contributed by atoms with Gasteiger partial charge in [-0.1, -0.05) is 18.2 Å². The predicted octanol–water partition coefficient (Wildman–Crippen LogP) is 1.81. The van der Waals surface area contributed by atoms with E-state index in [1.807, 2.05) is 18.2 Å². The zero-order chi connectivity index (χ0) is 22.0. The van der Waals surface area contributed by atoms with Gasteiger partial charge in [0.1, 0.15) is 11.1 Å². The molecule has 3 heterocycles. The van der Waals surface area contributed by atoms with Crippen LogP contribution in [0, 0.1) is 11.3 Å². The maximum atomic E-state index is 12.6. The average molecular weight is 457 g/mol. The Morgan fingerprint density at radius 1 is 1.39 bits per heavy atom. The lowest BCUT2D eigenvalue weighted by Gasteiger charge is -2.25. The maximum Gasteiger partial charge on any atom is 0.442 e. The van der Waals surface area contributed by atoms with Crippen molar-refractivity contribution in [3.8, 4) is 11.8 Å². The van der Waals surface area contributed by atoms with Gasteiger partial charge in [-0.25, -0.2) is 4.79 Å². The summed E-state index contributed by atoms with van der Waals surface area (Å²) in [6, 6.07) is 11.3. The number of para-hydroxylation sites is 1. The van der Waals surface area contributed by atoms with Crippen molar-refractivity contribution in [1.82, 2.24) is 10.2 Å². The lowest BCUT2D eigenvalue weighted by molar-refractivity contribution is -0.704. The molecule has 1 aromatic carbocycles. The normalized spacial score (nSPS) is 12.8. The minimum Gasteiger partial charge on any atom is -0.337 e. The topological polar surface area (TPSA) is 123 Å². The Balaban J connectivity index is 1.48. The summed E-state index contributed by atoms with van der Waals surface area (Å²) < 4.78 is 6.35. The number of hydrogen-bond acceptors (Lipinski definition) is 7. The first-order chi connectivity index (χ1) is 15.0. The molecular formula is C20H18N5O4S2+. The van der Waals surface area contributed by atoms with Crippen LogP contribution in [-0.2, 0) is 22.6 Å². The van der Waals surface area contributed by atoms with Crippen molar-refractivity contribution < 1.29 is 18.8 Å². The SMILES string of the molecule is CC(=O)N1CCc2c(sc(NC(=O)CSc3c(=O)o[nH][n+]3-c3ccccc3)c2C#N)C1. The van der Waals surface area contributed by atoms with Gasteiger partial charge in [-0.2, -0.15) is 5.26 Å². The fraction of sp³-hybridized carbons (Fsp3) is 0.250. The second-order valence-electron chi connectivity index (χ2n) is 6.80. The van der Waals surface area contributed by atoms with E-state index in [0.29, 0.717) is 35.8 Å². The zero-order valence-electron chi connectivity index (χ0n) is 16.5. The number of carbonyl (C=O) groups is 2. The molecule has 158 valence electrons. The Kier molecular flexibility index (Phi) is 5.92. The van der Waals surface area contributed by atoms with Crippen LogP contribution >= 0.6 is 23.1 Å². The molecule has 1 aliphatic heterocycles. The van der Waals surface area contributed by atoms with Crippen molar-refractivity contribution in [2.24, 2.45) is 0 Å². The van der Waals surface area contributed by atoms with Gasteiger partial charge in [0, 0.05) is 30.5 Å². The first-order valence-corrected chi connectivity index (χ1v) is 11.2. The van der Waals surface area contributed by atoms with Crippen molar-refractivity contribution >= 4 is 39.9 Å². The lowest BCUT2D eigenvalue weighted by Crippen LogP contribution is -2.36. The molecule has 0 saturated heterocycles. The number of aromatic nitrogens is 2. The average Bonchev–Trinajstić information content (AvgIpc) is 3.31. The number of nitrogens with zero attached hydrogens (tertiary/aromatic N) is 3. The van der Waals surface area contributed by atoms with E-state index in [0.717, 1.165) is 22.2 Å². The number of thioether (sulfide) groups is 1. The molecule has 2 amide bonds. The molecule has 2 N–H and O–H groups in total. The molecular weight excluding hydrogens is 438 g/mol. The van der Waals surface area contributed by atoms with E-state index in [1.165, 1.54) is 22.9 Å². The number of anilines is 1. The summed E-state index contributed by atoms with van der Waals surface area (Å²) in [6.07, 6.45) is 0.584. The number of amides is 2. The van der Waals surface area contributed by atoms with Crippen LogP contribution in [-0.4, -0.2) is 34.3 Å². The number of fused-ring (bicyclic) bond motifs is 1. The summed E-state index contributed by atoms with van der Waals surface area (Å²) in [5, 5.41) is 15.6. The van der Waals surface area contributed by atoms with E-state index < -0.39 is 5.63 Å². The second-order valence-corrected chi connectivity index (χ2v) is 8.87. The Morgan fingerprint density at radius 2 is 2.16 bits per heavy atom. The first-order valence-electron chi connectivity index (χ1n) is 9.39. The highest BCUT2D eigenvalue weighted by Crippen LogP contribution is 2.36. The third-order valence-electron chi connectivity index (χ3n) is 4.83. The molecule has 9 nitrogen and oxygen atoms in total. The van der Waals surface area contributed by atoms with Crippen LogP contribution in [0.5, 0.6) is 0 Å². The van der Waals surface area contributed by atoms with Crippen molar-refractivity contribution in [2.75, 3.05) is 17.6 Å². The molecule has 31 heavy (non-hydrogen) atoms. The van der Waals surface area contributed by atoms with Crippen molar-refractivity contribution in [1.29, 1.82) is 5.26 Å². The highest BCUT2D eigenvalue weighted by Gasteiger charge is 2.28. The van der Waals surface area contributed by atoms with Gasteiger partial charge < -0.3 is 10.2 Å². The van der Waals surface area contributed by atoms with Crippen molar-refractivity contribution in [3.05, 3.63) is 56.8 Å². The largest absolute Gasteiger partial charge is 0.442 e. The Labute approximate surface area is 185 Å². The van der Waals surface area contributed by atoms with E-state index in [4.69, 9.17) is 4.52 Å². The monoisotopic (exact) mass is 456 g/mol. The number of nitriles is 1. The number of hydrogen-bond donors (Lipinski definition) is 2. The minimum absolute atomic E-state index is 0.0170. The number of benzene rings is 1. The zero-order valence-corrected chi connectivity index (χ0v) is 18.1. The van der Waals surface area contributed by atoms with Crippen molar-refractivity contribution in [2.45, 2.75) is 24.9 Å². The quantitative estimate of drug-likeness (QED) is 0.446. The molecule has 0 bridgehead atoms. The van der Waals surface area contributed by atoms with Gasteiger partial charge in [0.2, 0.25) is 17.5 Å². The van der Waals surface area contributed by atoms with Gasteiger partial charge in [0.15, 0.2) is 0 Å². The smallest absolute Gasteiger partial charge is 0.337 e. The molecule has 0 saturated carbocycles. The van der Waals surface area contributed by atoms with E-state index in [-0.39, 0.29) is 22.6 Å². The number of rotatable bonds is 5. The van der Waals surface area contributed by atoms with Crippen LogP contribution in [0.2, 0.25) is 0 Å². The molecule has 0 unspecified atom stereocenters. The summed E-state index contributed by atoms with van der Waals surface area (Å²) in [5.74, 6) is -0.400. The van der Waals surface area contributed by atoms with Gasteiger partial charge in [0.25, 0.3) is 0 Å². The molecule has 11 heteroatoms. The van der Waals surface area contributed by atoms with Crippen LogP contribution in [0.4, 0.5) is 5.00 Å². The van der Waals surface area contributed by atoms with E-state index in [9.17, 15) is 19.6 Å². The Hall–Kier alpha value is -3.36. The minimum atomic E-state index is -0.574. The summed E-state index contributed by atoms with van der Waals surface area (Å²) in [5.41, 5.74) is 1.46. The summed E-state index contributed by atoms with van der Waals surface area (Å²) in [4.78, 5) is 38.9. The van der Waals surface area contributed by atoms with E-state index >= 15 is 0 Å². The first kappa shape index (κ1) is 20.9. The van der Waals surface area contributed by atoms with Crippen LogP contribution in [0.3, 0.4) is 0 Å². The van der Waals surface area contributed by atoms with E-state index in [1.54, 1.807) is 17.0 Å². The Morgan fingerprint density at radius 3 is 2.87 bits per heavy atom. The van der Waals surface area contributed by atoms with Gasteiger partial charge in [-0.3, -0.25) is 14.1 Å². The fourth-order valence-corrected chi connectivity index (χ4v) is 5.31. The second kappa shape index (κ2) is 8.79. The highest BCUT2D eigenvalue weighted by atomic mass is 32.2. The van der Waals surface area contributed by atoms with Crippen LogP contribution < -0.4 is 15.6 Å². The third kappa shape index (κ3) is 4.26. The van der Waals surface area contributed by atoms with Crippen LogP contribution in [0.1, 0.15) is 22.9 Å². The van der Waals surface area contributed by atoms with Gasteiger partial charge in [-0.15, -0.1) is 11.3 Å². The van der Waals surface area contributed by atoms with Gasteiger partial charge >= 0.3 is 10.7 Å². The van der Waals surface area contributed by atoms with E-state index in [2.05, 4.69) is 16.7 Å². The predicted molar refractivity (Wildman–Crippen MR) is 114 cm³/mol. The molecule has 2 aromatic heterocycles. The standard InChI is InChI=1S/C20H17N5O4S2/c1-12(26)24-8-7-14-15(9-21)18(31-16(14)10-24)22-17(27)11-30-19-20(28)29-23-25(19)13-5-3-2-4-6-13/h2-6H,7-8,10-11H2,1H3,(H-,22,23,27,28)/p+1. The van der Waals surface area contributed by atoms with Gasteiger partial charge in [0.05, 0.1) is 17.9 Å². The third-order valence-corrected chi connectivity index (χ3v) is 6.99. The van der Waals surface area contributed by atoms with Gasteiger partial charge in [-0.05, 0) is 33.7 Å². The van der Waals surface area contributed by atoms with Crippen LogP contribution in [0.25, 0.3) is 5.69 Å². The molecule has 0 radical (unpaired) electrons. The molecule has 0 spiro atoms. The van der Waals surface area contributed by atoms with Crippen LogP contribution in [0.15, 0.2) is 44.7 Å². The summed E-state index contributed by atoms with van der Waals surface area (Å²) in [6.45, 7) is 2.51.